The zero-order chi connectivity index (χ0) is 24.5. The third kappa shape index (κ3) is 11.0. The minimum Gasteiger partial charge on any atom is -0.489 e. The van der Waals surface area contributed by atoms with Crippen LogP contribution in [-0.4, -0.2) is 44.3 Å². The molecule has 8 heteroatoms. The van der Waals surface area contributed by atoms with Crippen molar-refractivity contribution >= 4 is 15.7 Å². The molecule has 180 valence electrons. The Bertz CT molecular complexity index is 972. The molecule has 0 radical (unpaired) electrons. The van der Waals surface area contributed by atoms with Crippen molar-refractivity contribution in [1.29, 1.82) is 0 Å². The number of pyridine rings is 1. The molecule has 0 fully saturated rings. The quantitative estimate of drug-likeness (QED) is 0.300. The molecule has 2 aromatic rings. The van der Waals surface area contributed by atoms with Crippen molar-refractivity contribution in [1.82, 2.24) is 10.3 Å². The number of hydrogen-bond acceptors (Lipinski definition) is 6. The van der Waals surface area contributed by atoms with Gasteiger partial charge in [-0.1, -0.05) is 44.7 Å². The van der Waals surface area contributed by atoms with Crippen molar-refractivity contribution in [3.05, 3.63) is 90.1 Å². The highest BCUT2D eigenvalue weighted by atomic mass is 32.2. The van der Waals surface area contributed by atoms with E-state index in [1.165, 1.54) is 12.2 Å². The standard InChI is InChI=1S/C23H29N3O4S.C2H6/c1-3-5-8-23(4-2)31(28,29)26-20-11-9-19(10-12-20)13-15-25-16-21(27)18-30-22-7-6-14-24-17-22;1-2/h3-12,14,17,21,25-27H,2,13,15-16,18H2,1H3;1-2H3/b5-3-,23-8+;/t21-;/m0./s1. The summed E-state index contributed by atoms with van der Waals surface area (Å²) in [5.41, 5.74) is 1.53. The highest BCUT2D eigenvalue weighted by molar-refractivity contribution is 7.96. The summed E-state index contributed by atoms with van der Waals surface area (Å²) < 4.78 is 32.8. The van der Waals surface area contributed by atoms with Crippen LogP contribution < -0.4 is 14.8 Å². The Balaban J connectivity index is 0.00000265. The summed E-state index contributed by atoms with van der Waals surface area (Å²) in [4.78, 5) is 4.05. The molecule has 1 heterocycles. The number of rotatable bonds is 13. The number of sulfonamides is 1. The van der Waals surface area contributed by atoms with Crippen LogP contribution in [-0.2, 0) is 16.4 Å². The van der Waals surface area contributed by atoms with E-state index >= 15 is 0 Å². The molecule has 0 bridgehead atoms. The number of aromatic nitrogens is 1. The fraction of sp³-hybridized carbons (Fsp3) is 0.320. The fourth-order valence-corrected chi connectivity index (χ4v) is 3.64. The minimum absolute atomic E-state index is 0.102. The smallest absolute Gasteiger partial charge is 0.261 e. The number of nitrogens with zero attached hydrogens (tertiary/aromatic N) is 1. The van der Waals surface area contributed by atoms with Crippen LogP contribution in [0.1, 0.15) is 26.3 Å². The molecule has 2 rings (SSSR count). The molecule has 0 amide bonds. The van der Waals surface area contributed by atoms with E-state index in [2.05, 4.69) is 21.6 Å². The number of hydrogen-bond donors (Lipinski definition) is 3. The summed E-state index contributed by atoms with van der Waals surface area (Å²) in [6.07, 6.45) is 9.55. The molecule has 33 heavy (non-hydrogen) atoms. The van der Waals surface area contributed by atoms with Gasteiger partial charge in [-0.05, 0) is 61.9 Å². The van der Waals surface area contributed by atoms with Gasteiger partial charge >= 0.3 is 0 Å². The molecular weight excluding hydrogens is 438 g/mol. The number of allylic oxidation sites excluding steroid dienone is 4. The molecular formula is C25H35N3O4S. The lowest BCUT2D eigenvalue weighted by Crippen LogP contribution is -2.32. The molecule has 0 unspecified atom stereocenters. The van der Waals surface area contributed by atoms with Gasteiger partial charge in [0.15, 0.2) is 0 Å². The van der Waals surface area contributed by atoms with Crippen LogP contribution in [0.4, 0.5) is 5.69 Å². The van der Waals surface area contributed by atoms with E-state index in [0.29, 0.717) is 24.5 Å². The van der Waals surface area contributed by atoms with Crippen molar-refractivity contribution in [3.8, 4) is 5.75 Å². The van der Waals surface area contributed by atoms with Gasteiger partial charge in [-0.2, -0.15) is 0 Å². The highest BCUT2D eigenvalue weighted by Gasteiger charge is 2.14. The predicted molar refractivity (Wildman–Crippen MR) is 136 cm³/mol. The van der Waals surface area contributed by atoms with Crippen LogP contribution in [0.3, 0.4) is 0 Å². The third-order valence-corrected chi connectivity index (χ3v) is 5.65. The summed E-state index contributed by atoms with van der Waals surface area (Å²) in [7, 11) is -3.68. The molecule has 0 saturated carbocycles. The van der Waals surface area contributed by atoms with Crippen LogP contribution in [0.5, 0.6) is 5.75 Å². The molecule has 0 aliphatic rings. The van der Waals surface area contributed by atoms with Gasteiger partial charge in [0, 0.05) is 18.4 Å². The first kappa shape index (κ1) is 28.1. The van der Waals surface area contributed by atoms with Crippen LogP contribution in [0, 0.1) is 0 Å². The second-order valence-electron chi connectivity index (χ2n) is 6.71. The van der Waals surface area contributed by atoms with Gasteiger partial charge in [-0.15, -0.1) is 0 Å². The Morgan fingerprint density at radius 3 is 2.58 bits per heavy atom. The maximum absolute atomic E-state index is 12.4. The molecule has 1 aromatic carbocycles. The zero-order valence-electron chi connectivity index (χ0n) is 19.6. The Labute approximate surface area is 198 Å². The summed E-state index contributed by atoms with van der Waals surface area (Å²) in [5.74, 6) is 0.620. The topological polar surface area (TPSA) is 101 Å². The third-order valence-electron chi connectivity index (χ3n) is 4.22. The van der Waals surface area contributed by atoms with E-state index in [4.69, 9.17) is 4.74 Å². The SMILES string of the molecule is C=C/C(=C\C=C/C)S(=O)(=O)Nc1ccc(CCNC[C@H](O)COc2cccnc2)cc1.CC. The maximum atomic E-state index is 12.4. The Morgan fingerprint density at radius 1 is 1.24 bits per heavy atom. The van der Waals surface area contributed by atoms with Crippen LogP contribution >= 0.6 is 0 Å². The molecule has 0 spiro atoms. The molecule has 0 aliphatic heterocycles. The maximum Gasteiger partial charge on any atom is 0.261 e. The van der Waals surface area contributed by atoms with E-state index in [1.54, 1.807) is 48.8 Å². The van der Waals surface area contributed by atoms with Gasteiger partial charge in [0.2, 0.25) is 0 Å². The lowest BCUT2D eigenvalue weighted by atomic mass is 10.1. The number of anilines is 1. The van der Waals surface area contributed by atoms with Gasteiger partial charge in [0.1, 0.15) is 18.5 Å². The fourth-order valence-electron chi connectivity index (χ4n) is 2.60. The van der Waals surface area contributed by atoms with Crippen molar-refractivity contribution in [3.63, 3.8) is 0 Å². The predicted octanol–water partition coefficient (Wildman–Crippen LogP) is 4.07. The van der Waals surface area contributed by atoms with Gasteiger partial charge in [0.25, 0.3) is 10.0 Å². The molecule has 0 aliphatic carbocycles. The van der Waals surface area contributed by atoms with E-state index in [-0.39, 0.29) is 11.5 Å². The van der Waals surface area contributed by atoms with Crippen molar-refractivity contribution in [2.24, 2.45) is 0 Å². The first-order chi connectivity index (χ1) is 15.9. The molecule has 7 nitrogen and oxygen atoms in total. The van der Waals surface area contributed by atoms with Gasteiger partial charge in [-0.3, -0.25) is 9.71 Å². The number of nitrogens with one attached hydrogen (secondary N) is 2. The van der Waals surface area contributed by atoms with Crippen LogP contribution in [0.25, 0.3) is 0 Å². The van der Waals surface area contributed by atoms with E-state index < -0.39 is 16.1 Å². The van der Waals surface area contributed by atoms with Crippen LogP contribution in [0.15, 0.2) is 84.6 Å². The monoisotopic (exact) mass is 473 g/mol. The van der Waals surface area contributed by atoms with Crippen molar-refractivity contribution in [2.45, 2.75) is 33.3 Å². The molecule has 3 N–H and O–H groups in total. The van der Waals surface area contributed by atoms with Gasteiger partial charge in [-0.25, -0.2) is 8.42 Å². The van der Waals surface area contributed by atoms with E-state index in [1.807, 2.05) is 32.9 Å². The van der Waals surface area contributed by atoms with Crippen molar-refractivity contribution < 1.29 is 18.3 Å². The number of ether oxygens (including phenoxy) is 1. The zero-order valence-corrected chi connectivity index (χ0v) is 20.4. The molecule has 1 aromatic heterocycles. The largest absolute Gasteiger partial charge is 0.489 e. The normalized spacial score (nSPS) is 12.5. The second-order valence-corrected chi connectivity index (χ2v) is 8.39. The molecule has 0 saturated heterocycles. The second kappa shape index (κ2) is 15.8. The van der Waals surface area contributed by atoms with E-state index in [9.17, 15) is 13.5 Å². The first-order valence-electron chi connectivity index (χ1n) is 10.9. The summed E-state index contributed by atoms with van der Waals surface area (Å²) in [6, 6.07) is 10.7. The minimum atomic E-state index is -3.68. The average molecular weight is 474 g/mol. The van der Waals surface area contributed by atoms with Gasteiger partial charge in [0.05, 0.1) is 11.1 Å². The Hall–Kier alpha value is -2.94. The summed E-state index contributed by atoms with van der Waals surface area (Å²) in [5, 5.41) is 13.2. The Morgan fingerprint density at radius 2 is 1.97 bits per heavy atom. The first-order valence-corrected chi connectivity index (χ1v) is 12.4. The average Bonchev–Trinajstić information content (AvgIpc) is 2.83. The lowest BCUT2D eigenvalue weighted by Gasteiger charge is -2.13. The summed E-state index contributed by atoms with van der Waals surface area (Å²) in [6.45, 7) is 10.6. The van der Waals surface area contributed by atoms with E-state index in [0.717, 1.165) is 12.0 Å². The molecule has 1 atom stereocenters. The number of aliphatic hydroxyl groups is 1. The lowest BCUT2D eigenvalue weighted by molar-refractivity contribution is 0.106. The van der Waals surface area contributed by atoms with Gasteiger partial charge < -0.3 is 15.2 Å². The van der Waals surface area contributed by atoms with Crippen molar-refractivity contribution in [2.75, 3.05) is 24.4 Å². The number of aliphatic hydroxyl groups excluding tert-OH is 1. The van der Waals surface area contributed by atoms with Crippen LogP contribution in [0.2, 0.25) is 0 Å². The number of benzene rings is 1. The highest BCUT2D eigenvalue weighted by Crippen LogP contribution is 2.16. The summed E-state index contributed by atoms with van der Waals surface area (Å²) >= 11 is 0. The Kier molecular flexibility index (Phi) is 13.4.